The largest absolute Gasteiger partial charge is 0.484 e. The molecule has 0 bridgehead atoms. The van der Waals surface area contributed by atoms with Crippen LogP contribution in [0.2, 0.25) is 5.02 Å². The minimum absolute atomic E-state index is 0.110. The zero-order valence-corrected chi connectivity index (χ0v) is 19.4. The van der Waals surface area contributed by atoms with E-state index in [1.807, 2.05) is 79.7 Å². The van der Waals surface area contributed by atoms with Crippen molar-refractivity contribution >= 4 is 55.0 Å². The second-order valence-corrected chi connectivity index (χ2v) is 9.03. The number of ether oxygens (including phenoxy) is 1. The van der Waals surface area contributed by atoms with Crippen LogP contribution in [-0.4, -0.2) is 22.5 Å². The Hall–Kier alpha value is -3.48. The number of anilines is 1. The van der Waals surface area contributed by atoms with Crippen LogP contribution in [0.1, 0.15) is 11.3 Å². The number of thiazole rings is 1. The number of halogens is 1. The highest BCUT2D eigenvalue weighted by Gasteiger charge is 2.22. The Morgan fingerprint density at radius 1 is 1.03 bits per heavy atom. The predicted octanol–water partition coefficient (Wildman–Crippen LogP) is 6.42. The minimum atomic E-state index is -0.198. The molecule has 3 aromatic carbocycles. The maximum Gasteiger partial charge on any atom is 0.267 e. The second kappa shape index (κ2) is 9.17. The van der Waals surface area contributed by atoms with Gasteiger partial charge in [0.25, 0.3) is 5.91 Å². The molecule has 164 valence electrons. The monoisotopic (exact) mass is 473 g/mol. The average Bonchev–Trinajstić information content (AvgIpc) is 3.28. The Labute approximate surface area is 200 Å². The molecule has 0 saturated heterocycles. The van der Waals surface area contributed by atoms with E-state index in [0.717, 1.165) is 32.2 Å². The van der Waals surface area contributed by atoms with Crippen LogP contribution in [0.5, 0.6) is 5.75 Å². The molecule has 33 heavy (non-hydrogen) atoms. The van der Waals surface area contributed by atoms with Crippen LogP contribution in [0.4, 0.5) is 5.13 Å². The topological polar surface area (TPSA) is 55.3 Å². The Bertz CT molecular complexity index is 1450. The molecule has 0 aliphatic carbocycles. The fourth-order valence-electron chi connectivity index (χ4n) is 3.60. The summed E-state index contributed by atoms with van der Waals surface area (Å²) in [6.45, 7) is 2.12. The maximum absolute atomic E-state index is 13.3. The van der Waals surface area contributed by atoms with Gasteiger partial charge in [-0.05, 0) is 59.7 Å². The van der Waals surface area contributed by atoms with Crippen molar-refractivity contribution in [3.63, 3.8) is 0 Å². The Morgan fingerprint density at radius 2 is 1.85 bits per heavy atom. The average molecular weight is 474 g/mol. The number of aromatic nitrogens is 2. The molecule has 5 nitrogen and oxygen atoms in total. The third kappa shape index (κ3) is 4.53. The molecular formula is C26H20ClN3O2S. The van der Waals surface area contributed by atoms with Crippen molar-refractivity contribution in [3.05, 3.63) is 95.3 Å². The number of hydrogen-bond acceptors (Lipinski definition) is 5. The van der Waals surface area contributed by atoms with E-state index < -0.39 is 0 Å². The second-order valence-electron chi connectivity index (χ2n) is 7.61. The van der Waals surface area contributed by atoms with Crippen molar-refractivity contribution in [2.24, 2.45) is 0 Å². The molecule has 7 heteroatoms. The van der Waals surface area contributed by atoms with Gasteiger partial charge in [0, 0.05) is 11.2 Å². The van der Waals surface area contributed by atoms with Gasteiger partial charge in [0.2, 0.25) is 0 Å². The summed E-state index contributed by atoms with van der Waals surface area (Å²) < 4.78 is 6.85. The predicted molar refractivity (Wildman–Crippen MR) is 134 cm³/mol. The van der Waals surface area contributed by atoms with Gasteiger partial charge in [0.1, 0.15) is 5.75 Å². The standard InChI is InChI=1S/C26H20ClN3O2S/c1-17-22(27)11-12-23-25(17)29-26(33-23)30(15-20-8-4-5-13-28-20)24(31)16-32-21-10-9-18-6-2-3-7-19(18)14-21/h2-14H,15-16H2,1H3. The highest BCUT2D eigenvalue weighted by atomic mass is 35.5. The fourth-order valence-corrected chi connectivity index (χ4v) is 4.79. The van der Waals surface area contributed by atoms with E-state index in [0.29, 0.717) is 22.4 Å². The number of amides is 1. The number of fused-ring (bicyclic) bond motifs is 2. The van der Waals surface area contributed by atoms with Gasteiger partial charge in [-0.3, -0.25) is 14.7 Å². The molecular weight excluding hydrogens is 454 g/mol. The summed E-state index contributed by atoms with van der Waals surface area (Å²) >= 11 is 7.73. The van der Waals surface area contributed by atoms with Crippen LogP contribution in [0.15, 0.2) is 79.0 Å². The molecule has 0 radical (unpaired) electrons. The normalized spacial score (nSPS) is 11.1. The van der Waals surface area contributed by atoms with Crippen LogP contribution in [0.3, 0.4) is 0 Å². The molecule has 0 aliphatic rings. The molecule has 0 aliphatic heterocycles. The molecule has 5 aromatic rings. The van der Waals surface area contributed by atoms with Gasteiger partial charge in [-0.25, -0.2) is 4.98 Å². The molecule has 0 saturated carbocycles. The minimum Gasteiger partial charge on any atom is -0.484 e. The molecule has 0 atom stereocenters. The number of nitrogens with zero attached hydrogens (tertiary/aromatic N) is 3. The van der Waals surface area contributed by atoms with E-state index in [1.54, 1.807) is 11.1 Å². The number of benzene rings is 3. The molecule has 1 amide bonds. The van der Waals surface area contributed by atoms with Crippen molar-refractivity contribution in [2.45, 2.75) is 13.5 Å². The van der Waals surface area contributed by atoms with Gasteiger partial charge in [0.05, 0.1) is 22.5 Å². The van der Waals surface area contributed by atoms with Crippen molar-refractivity contribution in [2.75, 3.05) is 11.5 Å². The van der Waals surface area contributed by atoms with Crippen molar-refractivity contribution in [1.82, 2.24) is 9.97 Å². The van der Waals surface area contributed by atoms with Gasteiger partial charge in [-0.2, -0.15) is 0 Å². The van der Waals surface area contributed by atoms with Gasteiger partial charge in [-0.15, -0.1) is 0 Å². The highest BCUT2D eigenvalue weighted by Crippen LogP contribution is 2.34. The summed E-state index contributed by atoms with van der Waals surface area (Å²) in [5.41, 5.74) is 2.47. The number of carbonyl (C=O) groups is 1. The zero-order valence-electron chi connectivity index (χ0n) is 17.9. The summed E-state index contributed by atoms with van der Waals surface area (Å²) in [7, 11) is 0. The van der Waals surface area contributed by atoms with Crippen molar-refractivity contribution in [3.8, 4) is 5.75 Å². The molecule has 2 heterocycles. The summed E-state index contributed by atoms with van der Waals surface area (Å²) in [5, 5.41) is 3.43. The first kappa shape index (κ1) is 21.4. The summed E-state index contributed by atoms with van der Waals surface area (Å²) in [6, 6.07) is 23.3. The Morgan fingerprint density at radius 3 is 2.67 bits per heavy atom. The first-order chi connectivity index (χ1) is 16.1. The number of hydrogen-bond donors (Lipinski definition) is 0. The van der Waals surface area contributed by atoms with E-state index in [4.69, 9.17) is 21.3 Å². The Balaban J connectivity index is 1.43. The van der Waals surface area contributed by atoms with E-state index in [9.17, 15) is 4.79 Å². The SMILES string of the molecule is Cc1c(Cl)ccc2sc(N(Cc3ccccn3)C(=O)COc3ccc4ccccc4c3)nc12. The van der Waals surface area contributed by atoms with Crippen LogP contribution in [0, 0.1) is 6.92 Å². The van der Waals surface area contributed by atoms with Crippen molar-refractivity contribution in [1.29, 1.82) is 0 Å². The molecule has 0 fully saturated rings. The quantitative estimate of drug-likeness (QED) is 0.285. The van der Waals surface area contributed by atoms with E-state index in [2.05, 4.69) is 4.98 Å². The van der Waals surface area contributed by atoms with Crippen LogP contribution in [-0.2, 0) is 11.3 Å². The maximum atomic E-state index is 13.3. The first-order valence-corrected chi connectivity index (χ1v) is 11.7. The molecule has 5 rings (SSSR count). The van der Waals surface area contributed by atoms with E-state index in [1.165, 1.54) is 11.3 Å². The third-order valence-corrected chi connectivity index (χ3v) is 6.85. The lowest BCUT2D eigenvalue weighted by Gasteiger charge is -2.20. The summed E-state index contributed by atoms with van der Waals surface area (Å²) in [5.74, 6) is 0.448. The number of carbonyl (C=O) groups excluding carboxylic acids is 1. The Kier molecular flexibility index (Phi) is 5.94. The number of rotatable bonds is 6. The van der Waals surface area contributed by atoms with Gasteiger partial charge in [0.15, 0.2) is 11.7 Å². The van der Waals surface area contributed by atoms with E-state index >= 15 is 0 Å². The van der Waals surface area contributed by atoms with Crippen LogP contribution in [0.25, 0.3) is 21.0 Å². The smallest absolute Gasteiger partial charge is 0.267 e. The number of pyridine rings is 1. The van der Waals surface area contributed by atoms with Crippen LogP contribution >= 0.6 is 22.9 Å². The van der Waals surface area contributed by atoms with Gasteiger partial charge < -0.3 is 4.74 Å². The van der Waals surface area contributed by atoms with E-state index in [-0.39, 0.29) is 12.5 Å². The van der Waals surface area contributed by atoms with Crippen molar-refractivity contribution < 1.29 is 9.53 Å². The van der Waals surface area contributed by atoms with Gasteiger partial charge in [-0.1, -0.05) is 59.3 Å². The third-order valence-electron chi connectivity index (χ3n) is 5.40. The van der Waals surface area contributed by atoms with Crippen LogP contribution < -0.4 is 9.64 Å². The number of aryl methyl sites for hydroxylation is 1. The lowest BCUT2D eigenvalue weighted by atomic mass is 10.1. The highest BCUT2D eigenvalue weighted by molar-refractivity contribution is 7.22. The fraction of sp³-hybridized carbons (Fsp3) is 0.115. The molecule has 0 unspecified atom stereocenters. The molecule has 0 N–H and O–H groups in total. The molecule has 0 spiro atoms. The lowest BCUT2D eigenvalue weighted by molar-refractivity contribution is -0.120. The summed E-state index contributed by atoms with van der Waals surface area (Å²) in [6.07, 6.45) is 1.71. The van der Waals surface area contributed by atoms with Gasteiger partial charge >= 0.3 is 0 Å². The zero-order chi connectivity index (χ0) is 22.8. The molecule has 2 aromatic heterocycles. The summed E-state index contributed by atoms with van der Waals surface area (Å²) in [4.78, 5) is 24.1. The first-order valence-electron chi connectivity index (χ1n) is 10.5. The lowest BCUT2D eigenvalue weighted by Crippen LogP contribution is -2.34.